The van der Waals surface area contributed by atoms with Crippen molar-refractivity contribution in [3.05, 3.63) is 59.1 Å². The molecule has 5 rings (SSSR count). The molecule has 0 saturated carbocycles. The predicted octanol–water partition coefficient (Wildman–Crippen LogP) is 5.42. The van der Waals surface area contributed by atoms with Gasteiger partial charge in [0.1, 0.15) is 5.01 Å². The van der Waals surface area contributed by atoms with Crippen LogP contribution < -0.4 is 9.47 Å². The minimum Gasteiger partial charge on any atom is -0.454 e. The Bertz CT molecular complexity index is 1180. The van der Waals surface area contributed by atoms with Crippen LogP contribution in [0, 0.1) is 6.92 Å². The standard InChI is InChI=1S/C22H20N4O2S2/c1-3-26-20(16-8-9-18-19(10-16)28-13-27-18)24-25-22(26)30-12-17-11-29-21(23-17)15-6-4-14(2)5-7-15/h4-11H,3,12-13H2,1-2H3. The van der Waals surface area contributed by atoms with Crippen LogP contribution in [-0.2, 0) is 12.3 Å². The van der Waals surface area contributed by atoms with E-state index in [0.29, 0.717) is 0 Å². The number of rotatable bonds is 6. The number of nitrogens with zero attached hydrogens (tertiary/aromatic N) is 4. The lowest BCUT2D eigenvalue weighted by Crippen LogP contribution is -2.00. The fourth-order valence-electron chi connectivity index (χ4n) is 3.27. The topological polar surface area (TPSA) is 62.1 Å². The van der Waals surface area contributed by atoms with E-state index in [1.54, 1.807) is 23.1 Å². The molecule has 0 spiro atoms. The van der Waals surface area contributed by atoms with E-state index in [9.17, 15) is 0 Å². The maximum atomic E-state index is 5.50. The normalized spacial score (nSPS) is 12.5. The molecule has 0 N–H and O–H groups in total. The number of benzene rings is 2. The van der Waals surface area contributed by atoms with Crippen LogP contribution in [0.1, 0.15) is 18.2 Å². The number of thioether (sulfide) groups is 1. The maximum Gasteiger partial charge on any atom is 0.231 e. The highest BCUT2D eigenvalue weighted by Gasteiger charge is 2.18. The minimum absolute atomic E-state index is 0.262. The van der Waals surface area contributed by atoms with E-state index in [0.717, 1.165) is 56.6 Å². The molecule has 3 heterocycles. The first-order chi connectivity index (χ1) is 14.7. The molecule has 0 saturated heterocycles. The van der Waals surface area contributed by atoms with E-state index in [2.05, 4.69) is 58.3 Å². The van der Waals surface area contributed by atoms with Gasteiger partial charge in [0.2, 0.25) is 6.79 Å². The van der Waals surface area contributed by atoms with Gasteiger partial charge in [-0.2, -0.15) is 0 Å². The van der Waals surface area contributed by atoms with E-state index >= 15 is 0 Å². The molecule has 0 amide bonds. The van der Waals surface area contributed by atoms with Crippen molar-refractivity contribution < 1.29 is 9.47 Å². The zero-order chi connectivity index (χ0) is 20.5. The lowest BCUT2D eigenvalue weighted by molar-refractivity contribution is 0.174. The summed E-state index contributed by atoms with van der Waals surface area (Å²) in [5, 5.41) is 12.9. The summed E-state index contributed by atoms with van der Waals surface area (Å²) < 4.78 is 13.0. The van der Waals surface area contributed by atoms with Crippen LogP contribution in [-0.4, -0.2) is 26.5 Å². The average molecular weight is 437 g/mol. The number of aromatic nitrogens is 4. The van der Waals surface area contributed by atoms with Crippen molar-refractivity contribution in [3.63, 3.8) is 0 Å². The Morgan fingerprint density at radius 2 is 1.83 bits per heavy atom. The molecular weight excluding hydrogens is 416 g/mol. The first-order valence-corrected chi connectivity index (χ1v) is 11.6. The van der Waals surface area contributed by atoms with Gasteiger partial charge in [-0.3, -0.25) is 0 Å². The van der Waals surface area contributed by atoms with Gasteiger partial charge in [-0.25, -0.2) is 4.98 Å². The van der Waals surface area contributed by atoms with Crippen molar-refractivity contribution in [2.75, 3.05) is 6.79 Å². The van der Waals surface area contributed by atoms with Crippen LogP contribution in [0.5, 0.6) is 11.5 Å². The largest absolute Gasteiger partial charge is 0.454 e. The highest BCUT2D eigenvalue weighted by molar-refractivity contribution is 7.98. The molecular formula is C22H20N4O2S2. The summed E-state index contributed by atoms with van der Waals surface area (Å²) in [5.74, 6) is 3.10. The molecule has 152 valence electrons. The Hall–Kier alpha value is -2.84. The van der Waals surface area contributed by atoms with Crippen molar-refractivity contribution >= 4 is 23.1 Å². The third kappa shape index (κ3) is 3.68. The van der Waals surface area contributed by atoms with Gasteiger partial charge in [-0.05, 0) is 32.0 Å². The third-order valence-electron chi connectivity index (χ3n) is 4.86. The Morgan fingerprint density at radius 1 is 1.03 bits per heavy atom. The summed E-state index contributed by atoms with van der Waals surface area (Å²) in [6.07, 6.45) is 0. The Balaban J connectivity index is 1.33. The fraction of sp³-hybridized carbons (Fsp3) is 0.227. The molecule has 0 radical (unpaired) electrons. The van der Waals surface area contributed by atoms with E-state index in [4.69, 9.17) is 14.5 Å². The minimum atomic E-state index is 0.262. The van der Waals surface area contributed by atoms with Crippen LogP contribution in [0.25, 0.3) is 22.0 Å². The Labute approximate surface area is 182 Å². The molecule has 30 heavy (non-hydrogen) atoms. The van der Waals surface area contributed by atoms with Crippen molar-refractivity contribution in [1.82, 2.24) is 19.7 Å². The quantitative estimate of drug-likeness (QED) is 0.376. The zero-order valence-electron chi connectivity index (χ0n) is 16.7. The van der Waals surface area contributed by atoms with Crippen molar-refractivity contribution in [2.24, 2.45) is 0 Å². The van der Waals surface area contributed by atoms with Crippen molar-refractivity contribution in [1.29, 1.82) is 0 Å². The van der Waals surface area contributed by atoms with E-state index in [1.807, 2.05) is 18.2 Å². The molecule has 4 aromatic rings. The van der Waals surface area contributed by atoms with Crippen molar-refractivity contribution in [3.8, 4) is 33.5 Å². The molecule has 0 fully saturated rings. The van der Waals surface area contributed by atoms with Gasteiger partial charge >= 0.3 is 0 Å². The lowest BCUT2D eigenvalue weighted by Gasteiger charge is -2.07. The molecule has 2 aromatic heterocycles. The van der Waals surface area contributed by atoms with Crippen LogP contribution in [0.15, 0.2) is 53.0 Å². The first kappa shape index (κ1) is 19.1. The Morgan fingerprint density at radius 3 is 2.67 bits per heavy atom. The van der Waals surface area contributed by atoms with Crippen LogP contribution in [0.3, 0.4) is 0 Å². The number of aryl methyl sites for hydroxylation is 1. The summed E-state index contributed by atoms with van der Waals surface area (Å²) in [6.45, 7) is 5.24. The second-order valence-electron chi connectivity index (χ2n) is 6.92. The van der Waals surface area contributed by atoms with E-state index in [-0.39, 0.29) is 6.79 Å². The number of fused-ring (bicyclic) bond motifs is 1. The van der Waals surface area contributed by atoms with Gasteiger partial charge < -0.3 is 14.0 Å². The smallest absolute Gasteiger partial charge is 0.231 e. The molecule has 1 aliphatic rings. The maximum absolute atomic E-state index is 5.50. The second kappa shape index (κ2) is 8.12. The highest BCUT2D eigenvalue weighted by Crippen LogP contribution is 2.36. The molecule has 0 atom stereocenters. The Kier molecular flexibility index (Phi) is 5.18. The number of hydrogen-bond donors (Lipinski definition) is 0. The van der Waals surface area contributed by atoms with E-state index in [1.165, 1.54) is 5.56 Å². The molecule has 2 aromatic carbocycles. The summed E-state index contributed by atoms with van der Waals surface area (Å²) >= 11 is 3.33. The van der Waals surface area contributed by atoms with Crippen LogP contribution >= 0.6 is 23.1 Å². The summed E-state index contributed by atoms with van der Waals surface area (Å²) in [4.78, 5) is 4.79. The molecule has 0 aliphatic carbocycles. The lowest BCUT2D eigenvalue weighted by atomic mass is 10.2. The van der Waals surface area contributed by atoms with Gasteiger partial charge in [0.25, 0.3) is 0 Å². The zero-order valence-corrected chi connectivity index (χ0v) is 18.3. The summed E-state index contributed by atoms with van der Waals surface area (Å²) in [7, 11) is 0. The van der Waals surface area contributed by atoms with Gasteiger partial charge in [0.05, 0.1) is 5.69 Å². The van der Waals surface area contributed by atoms with Crippen molar-refractivity contribution in [2.45, 2.75) is 31.3 Å². The molecule has 1 aliphatic heterocycles. The SMILES string of the molecule is CCn1c(SCc2csc(-c3ccc(C)cc3)n2)nnc1-c1ccc2c(c1)OCO2. The molecule has 6 nitrogen and oxygen atoms in total. The first-order valence-electron chi connectivity index (χ1n) is 9.68. The van der Waals surface area contributed by atoms with Crippen LogP contribution in [0.4, 0.5) is 0 Å². The van der Waals surface area contributed by atoms with Gasteiger partial charge in [0.15, 0.2) is 22.5 Å². The average Bonchev–Trinajstić information content (AvgIpc) is 3.51. The number of ether oxygens (including phenoxy) is 2. The molecule has 8 heteroatoms. The summed E-state index contributed by atoms with van der Waals surface area (Å²) in [6, 6.07) is 14.3. The second-order valence-corrected chi connectivity index (χ2v) is 8.72. The highest BCUT2D eigenvalue weighted by atomic mass is 32.2. The summed E-state index contributed by atoms with van der Waals surface area (Å²) in [5.41, 5.74) is 4.43. The number of hydrogen-bond acceptors (Lipinski definition) is 7. The molecule has 0 bridgehead atoms. The monoisotopic (exact) mass is 436 g/mol. The predicted molar refractivity (Wildman–Crippen MR) is 119 cm³/mol. The van der Waals surface area contributed by atoms with Gasteiger partial charge in [-0.15, -0.1) is 21.5 Å². The number of thiazole rings is 1. The van der Waals surface area contributed by atoms with Gasteiger partial charge in [0, 0.05) is 28.8 Å². The van der Waals surface area contributed by atoms with E-state index < -0.39 is 0 Å². The third-order valence-corrected chi connectivity index (χ3v) is 6.80. The fourth-order valence-corrected chi connectivity index (χ4v) is 5.10. The van der Waals surface area contributed by atoms with Gasteiger partial charge in [-0.1, -0.05) is 41.6 Å². The van der Waals surface area contributed by atoms with Crippen LogP contribution in [0.2, 0.25) is 0 Å². The molecule has 0 unspecified atom stereocenters.